The van der Waals surface area contributed by atoms with Gasteiger partial charge in [-0.05, 0) is 23.2 Å². The third kappa shape index (κ3) is 1.62. The normalized spacial score (nSPS) is 23.4. The first-order valence-corrected chi connectivity index (χ1v) is 5.84. The summed E-state index contributed by atoms with van der Waals surface area (Å²) in [5, 5.41) is 7.21. The molecule has 0 amide bonds. The van der Waals surface area contributed by atoms with E-state index in [2.05, 4.69) is 51.0 Å². The zero-order valence-corrected chi connectivity index (χ0v) is 10.5. The summed E-state index contributed by atoms with van der Waals surface area (Å²) in [5.74, 6) is 0. The summed E-state index contributed by atoms with van der Waals surface area (Å²) in [5.41, 5.74) is 3.46. The van der Waals surface area contributed by atoms with Crippen molar-refractivity contribution in [3.63, 3.8) is 0 Å². The molecule has 15 heavy (non-hydrogen) atoms. The van der Waals surface area contributed by atoms with Gasteiger partial charge >= 0.3 is 0 Å². The highest BCUT2D eigenvalue weighted by molar-refractivity contribution is 6.74. The van der Waals surface area contributed by atoms with Gasteiger partial charge in [-0.1, -0.05) is 40.3 Å². The van der Waals surface area contributed by atoms with Gasteiger partial charge in [-0.3, -0.25) is 5.10 Å². The maximum absolute atomic E-state index is 4.23. The van der Waals surface area contributed by atoms with Crippen LogP contribution in [0, 0.1) is 17.8 Å². The van der Waals surface area contributed by atoms with E-state index in [0.29, 0.717) is 17.5 Å². The molecule has 82 valence electrons. The van der Waals surface area contributed by atoms with Crippen LogP contribution >= 0.6 is 0 Å². The van der Waals surface area contributed by atoms with Crippen molar-refractivity contribution in [2.45, 2.75) is 47.3 Å². The van der Waals surface area contributed by atoms with E-state index in [1.165, 1.54) is 23.8 Å². The topological polar surface area (TPSA) is 28.7 Å². The van der Waals surface area contributed by atoms with Crippen molar-refractivity contribution < 1.29 is 0 Å². The minimum Gasteiger partial charge on any atom is -0.286 e. The van der Waals surface area contributed by atoms with Crippen LogP contribution in [0.25, 0.3) is 0 Å². The third-order valence-electron chi connectivity index (χ3n) is 4.66. The molecule has 1 aromatic heterocycles. The van der Waals surface area contributed by atoms with E-state index in [4.69, 9.17) is 0 Å². The molecule has 3 heteroatoms. The number of hydrogen-bond acceptors (Lipinski definition) is 1. The van der Waals surface area contributed by atoms with E-state index in [1.54, 1.807) is 0 Å². The smallest absolute Gasteiger partial charge is 0.181 e. The van der Waals surface area contributed by atoms with Gasteiger partial charge in [-0.15, -0.1) is 0 Å². The molecular formula is C12H21BN2. The largest absolute Gasteiger partial charge is 0.286 e. The fourth-order valence-electron chi connectivity index (χ4n) is 2.86. The molecule has 0 aromatic carbocycles. The Balaban J connectivity index is 2.27. The number of H-pyrrole nitrogens is 1. The first-order valence-electron chi connectivity index (χ1n) is 5.84. The van der Waals surface area contributed by atoms with E-state index < -0.39 is 0 Å². The number of aromatic amines is 1. The lowest BCUT2D eigenvalue weighted by Gasteiger charge is -2.35. The summed E-state index contributed by atoms with van der Waals surface area (Å²) < 4.78 is 0. The third-order valence-corrected chi connectivity index (χ3v) is 4.66. The second-order valence-electron chi connectivity index (χ2n) is 6.30. The molecule has 1 aliphatic rings. The van der Waals surface area contributed by atoms with Crippen molar-refractivity contribution in [1.82, 2.24) is 10.2 Å². The molecule has 2 rings (SSSR count). The van der Waals surface area contributed by atoms with Gasteiger partial charge in [0.05, 0.1) is 5.69 Å². The molecule has 0 radical (unpaired) electrons. The first kappa shape index (κ1) is 10.8. The van der Waals surface area contributed by atoms with E-state index >= 15 is 0 Å². The molecular weight excluding hydrogens is 183 g/mol. The van der Waals surface area contributed by atoms with Crippen LogP contribution < -0.4 is 5.46 Å². The quantitative estimate of drug-likeness (QED) is 0.699. The Morgan fingerprint density at radius 2 is 1.73 bits per heavy atom. The molecule has 1 saturated heterocycles. The average molecular weight is 204 g/mol. The number of nitrogens with one attached hydrogen (secondary N) is 1. The fraction of sp³-hybridized carbons (Fsp3) is 0.750. The summed E-state index contributed by atoms with van der Waals surface area (Å²) in [7, 11) is 0. The van der Waals surface area contributed by atoms with Gasteiger partial charge in [0.1, 0.15) is 0 Å². The number of aryl methyl sites for hydroxylation is 1. The highest BCUT2D eigenvalue weighted by atomic mass is 15.1. The maximum atomic E-state index is 4.23. The van der Waals surface area contributed by atoms with Crippen LogP contribution in [0.15, 0.2) is 6.20 Å². The molecule has 0 aliphatic carbocycles. The predicted octanol–water partition coefficient (Wildman–Crippen LogP) is 2.49. The molecule has 0 unspecified atom stereocenters. The number of aromatic nitrogens is 2. The second kappa shape index (κ2) is 3.13. The van der Waals surface area contributed by atoms with Gasteiger partial charge in [0.2, 0.25) is 0 Å². The van der Waals surface area contributed by atoms with E-state index in [9.17, 15) is 0 Å². The SMILES string of the molecule is Cc1n[nH]cc1B1CC(C)(C)C(C)(C)C1. The Morgan fingerprint density at radius 1 is 1.20 bits per heavy atom. The first-order chi connectivity index (χ1) is 6.83. The zero-order chi connectivity index (χ0) is 11.3. The van der Waals surface area contributed by atoms with Crippen LogP contribution in [-0.2, 0) is 0 Å². The van der Waals surface area contributed by atoms with Gasteiger partial charge in [-0.25, -0.2) is 0 Å². The number of rotatable bonds is 1. The van der Waals surface area contributed by atoms with Gasteiger partial charge in [0.15, 0.2) is 6.71 Å². The van der Waals surface area contributed by atoms with Crippen LogP contribution in [0.2, 0.25) is 12.6 Å². The van der Waals surface area contributed by atoms with Gasteiger partial charge in [0, 0.05) is 6.20 Å². The van der Waals surface area contributed by atoms with Crippen molar-refractivity contribution in [2.24, 2.45) is 10.8 Å². The lowest BCUT2D eigenvalue weighted by molar-refractivity contribution is 0.177. The Bertz CT molecular complexity index is 349. The second-order valence-corrected chi connectivity index (χ2v) is 6.30. The molecule has 2 heterocycles. The highest BCUT2D eigenvalue weighted by Crippen LogP contribution is 2.52. The standard InChI is InChI=1S/C12H21BN2/c1-9-10(6-14-15-9)13-7-11(2,3)12(4,5)8-13/h6H,7-8H2,1-5H3,(H,14,15). The average Bonchev–Trinajstić information content (AvgIpc) is 2.55. The molecule has 0 atom stereocenters. The Morgan fingerprint density at radius 3 is 2.13 bits per heavy atom. The van der Waals surface area contributed by atoms with E-state index in [-0.39, 0.29) is 0 Å². The number of hydrogen-bond donors (Lipinski definition) is 1. The Kier molecular flexibility index (Phi) is 2.25. The van der Waals surface area contributed by atoms with Crippen molar-refractivity contribution in [3.8, 4) is 0 Å². The van der Waals surface area contributed by atoms with Crippen molar-refractivity contribution in [1.29, 1.82) is 0 Å². The van der Waals surface area contributed by atoms with Crippen LogP contribution in [0.5, 0.6) is 0 Å². The van der Waals surface area contributed by atoms with Crippen molar-refractivity contribution >= 4 is 12.2 Å². The summed E-state index contributed by atoms with van der Waals surface area (Å²) in [4.78, 5) is 0. The van der Waals surface area contributed by atoms with E-state index in [0.717, 1.165) is 0 Å². The molecule has 0 spiro atoms. The highest BCUT2D eigenvalue weighted by Gasteiger charge is 2.48. The molecule has 1 aromatic rings. The van der Waals surface area contributed by atoms with Gasteiger partial charge in [-0.2, -0.15) is 5.10 Å². The lowest BCUT2D eigenvalue weighted by Crippen LogP contribution is -2.28. The molecule has 1 N–H and O–H groups in total. The van der Waals surface area contributed by atoms with Crippen molar-refractivity contribution in [2.75, 3.05) is 0 Å². The van der Waals surface area contributed by atoms with Crippen LogP contribution in [0.4, 0.5) is 0 Å². The summed E-state index contributed by atoms with van der Waals surface area (Å²) in [6.07, 6.45) is 4.64. The molecule has 2 nitrogen and oxygen atoms in total. The van der Waals surface area contributed by atoms with Crippen LogP contribution in [-0.4, -0.2) is 16.9 Å². The summed E-state index contributed by atoms with van der Waals surface area (Å²) in [6, 6.07) is 0. The predicted molar refractivity (Wildman–Crippen MR) is 65.9 cm³/mol. The minimum absolute atomic E-state index is 0.432. The van der Waals surface area contributed by atoms with E-state index in [1.807, 2.05) is 0 Å². The Labute approximate surface area is 92.9 Å². The maximum Gasteiger partial charge on any atom is 0.181 e. The van der Waals surface area contributed by atoms with Gasteiger partial charge < -0.3 is 0 Å². The summed E-state index contributed by atoms with van der Waals surface area (Å²) in [6.45, 7) is 12.4. The molecule has 1 aliphatic heterocycles. The fourth-order valence-corrected chi connectivity index (χ4v) is 2.86. The van der Waals surface area contributed by atoms with Crippen molar-refractivity contribution in [3.05, 3.63) is 11.9 Å². The zero-order valence-electron chi connectivity index (χ0n) is 10.5. The summed E-state index contributed by atoms with van der Waals surface area (Å²) >= 11 is 0. The number of nitrogens with zero attached hydrogens (tertiary/aromatic N) is 1. The minimum atomic E-state index is 0.432. The van der Waals surface area contributed by atoms with Gasteiger partial charge in [0.25, 0.3) is 0 Å². The molecule has 0 bridgehead atoms. The van der Waals surface area contributed by atoms with Crippen LogP contribution in [0.3, 0.4) is 0 Å². The van der Waals surface area contributed by atoms with Crippen LogP contribution in [0.1, 0.15) is 33.4 Å². The lowest BCUT2D eigenvalue weighted by atomic mass is 9.42. The molecule has 1 fully saturated rings. The molecule has 0 saturated carbocycles. The monoisotopic (exact) mass is 204 g/mol. The Hall–Kier alpha value is -0.725.